The predicted molar refractivity (Wildman–Crippen MR) is 138 cm³/mol. The first kappa shape index (κ1) is 24.4. The molecule has 0 aliphatic carbocycles. The molecule has 0 spiro atoms. The molecule has 1 fully saturated rings. The van der Waals surface area contributed by atoms with Crippen molar-refractivity contribution < 1.29 is 4.79 Å². The fourth-order valence-electron chi connectivity index (χ4n) is 4.58. The molecule has 5 nitrogen and oxygen atoms in total. The minimum Gasteiger partial charge on any atom is -0.401 e. The van der Waals surface area contributed by atoms with E-state index in [9.17, 15) is 4.79 Å². The van der Waals surface area contributed by atoms with Gasteiger partial charge in [-0.1, -0.05) is 50.2 Å². The van der Waals surface area contributed by atoms with E-state index in [2.05, 4.69) is 55.2 Å². The summed E-state index contributed by atoms with van der Waals surface area (Å²) in [5.74, 6) is 0.584. The predicted octanol–water partition coefficient (Wildman–Crippen LogP) is 6.20. The highest BCUT2D eigenvalue weighted by Crippen LogP contribution is 2.38. The van der Waals surface area contributed by atoms with Gasteiger partial charge in [0, 0.05) is 46.3 Å². The highest BCUT2D eigenvalue weighted by atomic mass is 79.9. The Bertz CT molecular complexity index is 1010. The van der Waals surface area contributed by atoms with Gasteiger partial charge in [0.2, 0.25) is 0 Å². The number of rotatable bonds is 5. The van der Waals surface area contributed by atoms with Crippen molar-refractivity contribution in [2.24, 2.45) is 27.6 Å². The Morgan fingerprint density at radius 1 is 1.41 bits per heavy atom. The molecule has 2 N–H and O–H groups in total. The van der Waals surface area contributed by atoms with Crippen molar-refractivity contribution in [3.05, 3.63) is 51.3 Å². The van der Waals surface area contributed by atoms with E-state index in [-0.39, 0.29) is 17.9 Å². The van der Waals surface area contributed by atoms with Gasteiger partial charge in [-0.3, -0.25) is 14.8 Å². The summed E-state index contributed by atoms with van der Waals surface area (Å²) >= 11 is 3.65. The number of likely N-dealkylation sites (tertiary alicyclic amines) is 1. The lowest BCUT2D eigenvalue weighted by Gasteiger charge is -2.40. The van der Waals surface area contributed by atoms with E-state index >= 15 is 0 Å². The summed E-state index contributed by atoms with van der Waals surface area (Å²) in [4.78, 5) is 25.3. The van der Waals surface area contributed by atoms with Crippen LogP contribution >= 0.6 is 15.9 Å². The minimum absolute atomic E-state index is 0.0103. The summed E-state index contributed by atoms with van der Waals surface area (Å²) in [5.41, 5.74) is 12.8. The second-order valence-corrected chi connectivity index (χ2v) is 9.88. The summed E-state index contributed by atoms with van der Waals surface area (Å²) in [6, 6.07) is 3.75. The molecule has 1 saturated heterocycles. The molecule has 3 rings (SSSR count). The number of amides is 1. The van der Waals surface area contributed by atoms with Crippen LogP contribution in [-0.4, -0.2) is 35.3 Å². The van der Waals surface area contributed by atoms with Crippen LogP contribution in [0.5, 0.6) is 0 Å². The number of piperidine rings is 1. The summed E-state index contributed by atoms with van der Waals surface area (Å²) < 4.78 is 1.01. The van der Waals surface area contributed by atoms with Gasteiger partial charge in [-0.05, 0) is 55.7 Å². The zero-order valence-electron chi connectivity index (χ0n) is 19.9. The maximum Gasteiger partial charge on any atom is 0.256 e. The molecule has 32 heavy (non-hydrogen) atoms. The lowest BCUT2D eigenvalue weighted by Crippen LogP contribution is -2.49. The van der Waals surface area contributed by atoms with Gasteiger partial charge in [-0.25, -0.2) is 0 Å². The number of carbonyl (C=O) groups is 1. The van der Waals surface area contributed by atoms with Crippen molar-refractivity contribution in [1.82, 2.24) is 4.90 Å². The van der Waals surface area contributed by atoms with Crippen molar-refractivity contribution in [3.8, 4) is 0 Å². The van der Waals surface area contributed by atoms with Gasteiger partial charge in [-0.2, -0.15) is 0 Å². The van der Waals surface area contributed by atoms with Crippen molar-refractivity contribution in [1.29, 1.82) is 0 Å². The normalized spacial score (nSPS) is 24.3. The third-order valence-corrected chi connectivity index (χ3v) is 7.22. The quantitative estimate of drug-likeness (QED) is 0.524. The number of fused-ring (bicyclic) bond motifs is 1. The van der Waals surface area contributed by atoms with E-state index in [1.807, 2.05) is 30.2 Å². The van der Waals surface area contributed by atoms with Crippen molar-refractivity contribution >= 4 is 39.5 Å². The Morgan fingerprint density at radius 2 is 2.12 bits per heavy atom. The number of benzene rings is 1. The molecular formula is C26H35BrN4O. The standard InChI is InChI=1S/C26H35BrN4O/c1-7-17(6)24(28)23-21(30-15(3)4)11-12-31(22(23)8-2)26(32)18-9-10-20(27)19-13-16(5)14-29-25(18)19/h9-10,14,16-17,22H,3,7-8,11-13,28H2,1-2,4-6H3/b24-23+,30-21?. The van der Waals surface area contributed by atoms with Gasteiger partial charge in [0.1, 0.15) is 0 Å². The lowest BCUT2D eigenvalue weighted by atomic mass is 9.85. The highest BCUT2D eigenvalue weighted by molar-refractivity contribution is 9.10. The molecule has 1 aromatic rings. The maximum absolute atomic E-state index is 13.9. The first-order valence-corrected chi connectivity index (χ1v) is 12.4. The maximum atomic E-state index is 13.9. The second-order valence-electron chi connectivity index (χ2n) is 9.03. The number of nitrogens with two attached hydrogens (primary N) is 1. The third kappa shape index (κ3) is 4.75. The van der Waals surface area contributed by atoms with E-state index in [0.717, 1.165) is 57.7 Å². The smallest absolute Gasteiger partial charge is 0.256 e. The summed E-state index contributed by atoms with van der Waals surface area (Å²) in [6.45, 7) is 15.0. The molecule has 0 radical (unpaired) electrons. The third-order valence-electron chi connectivity index (χ3n) is 6.48. The van der Waals surface area contributed by atoms with E-state index in [4.69, 9.17) is 10.7 Å². The first-order valence-electron chi connectivity index (χ1n) is 11.6. The molecule has 0 bridgehead atoms. The number of allylic oxidation sites excluding steroid dienone is 2. The Balaban J connectivity index is 2.08. The van der Waals surface area contributed by atoms with Crippen LogP contribution < -0.4 is 5.73 Å². The van der Waals surface area contributed by atoms with Crippen LogP contribution in [-0.2, 0) is 6.42 Å². The average Bonchev–Trinajstić information content (AvgIpc) is 2.77. The summed E-state index contributed by atoms with van der Waals surface area (Å²) in [5, 5.41) is 0. The van der Waals surface area contributed by atoms with Crippen molar-refractivity contribution in [2.45, 2.75) is 66.3 Å². The number of aliphatic imine (C=N–C) groups is 2. The van der Waals surface area contributed by atoms with E-state index in [0.29, 0.717) is 24.4 Å². The zero-order chi connectivity index (χ0) is 23.6. The van der Waals surface area contributed by atoms with Crippen LogP contribution in [0, 0.1) is 11.8 Å². The molecule has 2 aliphatic heterocycles. The van der Waals surface area contributed by atoms with Gasteiger partial charge in [0.05, 0.1) is 17.3 Å². The molecule has 0 saturated carbocycles. The first-order chi connectivity index (χ1) is 15.2. The number of carbonyl (C=O) groups excluding carboxylic acids is 1. The Labute approximate surface area is 200 Å². The summed E-state index contributed by atoms with van der Waals surface area (Å²) in [7, 11) is 0. The molecular weight excluding hydrogens is 464 g/mol. The van der Waals surface area contributed by atoms with Crippen LogP contribution in [0.15, 0.2) is 50.1 Å². The molecule has 1 amide bonds. The zero-order valence-corrected chi connectivity index (χ0v) is 21.5. The van der Waals surface area contributed by atoms with Crippen LogP contribution in [0.3, 0.4) is 0 Å². The molecule has 3 atom stereocenters. The number of halogens is 1. The van der Waals surface area contributed by atoms with Crippen LogP contribution in [0.2, 0.25) is 0 Å². The highest BCUT2D eigenvalue weighted by Gasteiger charge is 2.36. The van der Waals surface area contributed by atoms with Gasteiger partial charge in [-0.15, -0.1) is 0 Å². The van der Waals surface area contributed by atoms with Gasteiger partial charge >= 0.3 is 0 Å². The molecule has 3 unspecified atom stereocenters. The molecule has 6 heteroatoms. The topological polar surface area (TPSA) is 71.0 Å². The van der Waals surface area contributed by atoms with Gasteiger partial charge in [0.15, 0.2) is 0 Å². The van der Waals surface area contributed by atoms with Crippen LogP contribution in [0.1, 0.15) is 69.8 Å². The fourth-order valence-corrected chi connectivity index (χ4v) is 5.06. The molecule has 172 valence electrons. The Hall–Kier alpha value is -2.21. The number of hydrogen-bond donors (Lipinski definition) is 1. The Morgan fingerprint density at radius 3 is 2.75 bits per heavy atom. The minimum atomic E-state index is -0.117. The van der Waals surface area contributed by atoms with Crippen molar-refractivity contribution in [3.63, 3.8) is 0 Å². The second kappa shape index (κ2) is 10.2. The molecule has 0 aromatic heterocycles. The lowest BCUT2D eigenvalue weighted by molar-refractivity contribution is 0.0700. The van der Waals surface area contributed by atoms with E-state index < -0.39 is 0 Å². The van der Waals surface area contributed by atoms with Crippen molar-refractivity contribution in [2.75, 3.05) is 6.54 Å². The number of nitrogens with zero attached hydrogens (tertiary/aromatic N) is 3. The molecule has 2 aliphatic rings. The Kier molecular flexibility index (Phi) is 7.75. The van der Waals surface area contributed by atoms with Gasteiger partial charge in [0.25, 0.3) is 5.91 Å². The summed E-state index contributed by atoms with van der Waals surface area (Å²) in [6.07, 6.45) is 5.20. The number of hydrogen-bond acceptors (Lipinski definition) is 4. The van der Waals surface area contributed by atoms with E-state index in [1.54, 1.807) is 0 Å². The SMILES string of the molecule is C=C(C)N=C1CCN(C(=O)c2ccc(Br)c3c2N=CC(C)C3)C(CC)/C1=C(/N)C(C)CC. The average molecular weight is 499 g/mol. The monoisotopic (exact) mass is 498 g/mol. The van der Waals surface area contributed by atoms with Crippen LogP contribution in [0.25, 0.3) is 0 Å². The van der Waals surface area contributed by atoms with Gasteiger partial charge < -0.3 is 10.6 Å². The molecule has 2 heterocycles. The van der Waals surface area contributed by atoms with E-state index in [1.165, 1.54) is 0 Å². The van der Waals surface area contributed by atoms with Crippen LogP contribution in [0.4, 0.5) is 5.69 Å². The fraction of sp³-hybridized carbons (Fsp3) is 0.500. The molecule has 1 aromatic carbocycles. The largest absolute Gasteiger partial charge is 0.401 e.